The van der Waals surface area contributed by atoms with E-state index in [1.807, 2.05) is 26.0 Å². The maximum absolute atomic E-state index is 13.8. The van der Waals surface area contributed by atoms with Crippen molar-refractivity contribution in [2.75, 3.05) is 0 Å². The van der Waals surface area contributed by atoms with Gasteiger partial charge in [0.1, 0.15) is 5.83 Å². The van der Waals surface area contributed by atoms with Crippen molar-refractivity contribution < 1.29 is 4.39 Å². The molecule has 84 valence electrons. The van der Waals surface area contributed by atoms with Gasteiger partial charge < -0.3 is 0 Å². The Morgan fingerprint density at radius 2 is 1.94 bits per heavy atom. The molecule has 1 aromatic carbocycles. The summed E-state index contributed by atoms with van der Waals surface area (Å²) in [5.41, 5.74) is 4.10. The molecule has 1 unspecified atom stereocenters. The van der Waals surface area contributed by atoms with Crippen LogP contribution in [0.2, 0.25) is 0 Å². The van der Waals surface area contributed by atoms with E-state index in [1.165, 1.54) is 11.1 Å². The number of rotatable bonds is 1. The first kappa shape index (κ1) is 11.1. The van der Waals surface area contributed by atoms with Crippen molar-refractivity contribution in [2.24, 2.45) is 0 Å². The Labute approximate surface area is 96.5 Å². The second kappa shape index (κ2) is 4.25. The Morgan fingerprint density at radius 3 is 2.62 bits per heavy atom. The van der Waals surface area contributed by atoms with E-state index in [9.17, 15) is 4.39 Å². The topological polar surface area (TPSA) is 0 Å². The monoisotopic (exact) mass is 216 g/mol. The minimum absolute atomic E-state index is 0.0299. The molecule has 0 radical (unpaired) electrons. The first-order valence-corrected chi connectivity index (χ1v) is 5.69. The van der Waals surface area contributed by atoms with Crippen molar-refractivity contribution in [2.45, 2.75) is 33.1 Å². The van der Waals surface area contributed by atoms with E-state index in [4.69, 9.17) is 0 Å². The molecular formula is C15H17F. The van der Waals surface area contributed by atoms with Gasteiger partial charge in [0.15, 0.2) is 0 Å². The fraction of sp³-hybridized carbons (Fsp3) is 0.333. The van der Waals surface area contributed by atoms with Crippen LogP contribution >= 0.6 is 0 Å². The Morgan fingerprint density at radius 1 is 1.19 bits per heavy atom. The molecule has 0 nitrogen and oxygen atoms in total. The van der Waals surface area contributed by atoms with Crippen molar-refractivity contribution in [3.8, 4) is 0 Å². The van der Waals surface area contributed by atoms with Gasteiger partial charge in [-0.25, -0.2) is 4.39 Å². The first-order chi connectivity index (χ1) is 7.59. The van der Waals surface area contributed by atoms with Crippen LogP contribution in [0.15, 0.2) is 47.3 Å². The number of hydrogen-bond donors (Lipinski definition) is 0. The molecule has 0 saturated carbocycles. The molecule has 0 amide bonds. The van der Waals surface area contributed by atoms with Crippen molar-refractivity contribution >= 4 is 0 Å². The second-order valence-electron chi connectivity index (χ2n) is 4.59. The molecule has 1 heteroatoms. The summed E-state index contributed by atoms with van der Waals surface area (Å²) >= 11 is 0. The number of halogens is 1. The third-order valence-electron chi connectivity index (χ3n) is 3.32. The third kappa shape index (κ3) is 1.95. The molecular weight excluding hydrogens is 199 g/mol. The molecule has 1 aliphatic rings. The van der Waals surface area contributed by atoms with Gasteiger partial charge in [0.25, 0.3) is 0 Å². The lowest BCUT2D eigenvalue weighted by Crippen LogP contribution is -2.06. The molecule has 0 N–H and O–H groups in total. The highest BCUT2D eigenvalue weighted by atomic mass is 19.1. The summed E-state index contributed by atoms with van der Waals surface area (Å²) in [7, 11) is 0. The van der Waals surface area contributed by atoms with Crippen LogP contribution in [-0.4, -0.2) is 0 Å². The number of allylic oxidation sites excluding steroid dienone is 4. The average Bonchev–Trinajstić information content (AvgIpc) is 2.26. The molecule has 0 aromatic heterocycles. The van der Waals surface area contributed by atoms with Crippen molar-refractivity contribution in [1.82, 2.24) is 0 Å². The third-order valence-corrected chi connectivity index (χ3v) is 3.32. The fourth-order valence-electron chi connectivity index (χ4n) is 2.30. The lowest BCUT2D eigenvalue weighted by molar-refractivity contribution is 0.600. The molecule has 0 heterocycles. The van der Waals surface area contributed by atoms with Gasteiger partial charge in [-0.05, 0) is 43.9 Å². The minimum Gasteiger partial charge on any atom is -0.207 e. The van der Waals surface area contributed by atoms with Gasteiger partial charge in [0, 0.05) is 5.92 Å². The maximum Gasteiger partial charge on any atom is 0.125 e. The van der Waals surface area contributed by atoms with Crippen molar-refractivity contribution in [3.05, 3.63) is 58.4 Å². The summed E-state index contributed by atoms with van der Waals surface area (Å²) in [6.45, 7) is 5.81. The van der Waals surface area contributed by atoms with E-state index in [0.717, 1.165) is 17.6 Å². The highest BCUT2D eigenvalue weighted by Crippen LogP contribution is 2.37. The van der Waals surface area contributed by atoms with Gasteiger partial charge in [0.05, 0.1) is 0 Å². The van der Waals surface area contributed by atoms with Crippen LogP contribution in [0.1, 0.15) is 37.3 Å². The van der Waals surface area contributed by atoms with Crippen LogP contribution in [0.25, 0.3) is 0 Å². The maximum atomic E-state index is 13.8. The van der Waals surface area contributed by atoms with E-state index in [1.54, 1.807) is 0 Å². The largest absolute Gasteiger partial charge is 0.207 e. The van der Waals surface area contributed by atoms with Gasteiger partial charge in [-0.3, -0.25) is 0 Å². The van der Waals surface area contributed by atoms with Crippen molar-refractivity contribution in [3.63, 3.8) is 0 Å². The quantitative estimate of drug-likeness (QED) is 0.639. The Hall–Kier alpha value is -1.37. The van der Waals surface area contributed by atoms with Gasteiger partial charge >= 0.3 is 0 Å². The van der Waals surface area contributed by atoms with E-state index in [-0.39, 0.29) is 11.7 Å². The van der Waals surface area contributed by atoms with Gasteiger partial charge in [0.2, 0.25) is 0 Å². The van der Waals surface area contributed by atoms with Crippen LogP contribution in [0.4, 0.5) is 4.39 Å². The predicted octanol–water partition coefficient (Wildman–Crippen LogP) is 4.67. The molecule has 1 atom stereocenters. The molecule has 0 spiro atoms. The van der Waals surface area contributed by atoms with Crippen LogP contribution in [0.5, 0.6) is 0 Å². The predicted molar refractivity (Wildman–Crippen MR) is 66.1 cm³/mol. The van der Waals surface area contributed by atoms with Crippen LogP contribution < -0.4 is 0 Å². The van der Waals surface area contributed by atoms with Gasteiger partial charge in [-0.2, -0.15) is 0 Å². The lowest BCUT2D eigenvalue weighted by atomic mass is 9.83. The number of aryl methyl sites for hydroxylation is 1. The Bertz CT molecular complexity index is 466. The summed E-state index contributed by atoms with van der Waals surface area (Å²) in [6, 6.07) is 8.35. The van der Waals surface area contributed by atoms with Crippen LogP contribution in [-0.2, 0) is 0 Å². The molecule has 0 aliphatic heterocycles. The highest BCUT2D eigenvalue weighted by molar-refractivity contribution is 5.41. The Balaban J connectivity index is 2.38. The van der Waals surface area contributed by atoms with E-state index in [2.05, 4.69) is 25.1 Å². The minimum atomic E-state index is -0.0299. The highest BCUT2D eigenvalue weighted by Gasteiger charge is 2.21. The SMILES string of the molecule is CC1=CCC(c2cccc(C)c2)C(C)=C1F. The van der Waals surface area contributed by atoms with E-state index in [0.29, 0.717) is 0 Å². The molecule has 1 aromatic rings. The normalized spacial score (nSPS) is 21.0. The zero-order valence-corrected chi connectivity index (χ0v) is 10.0. The molecule has 1 aliphatic carbocycles. The zero-order chi connectivity index (χ0) is 11.7. The smallest absolute Gasteiger partial charge is 0.125 e. The molecule has 0 fully saturated rings. The molecule has 2 rings (SSSR count). The molecule has 16 heavy (non-hydrogen) atoms. The number of hydrogen-bond acceptors (Lipinski definition) is 0. The van der Waals surface area contributed by atoms with Crippen LogP contribution in [0.3, 0.4) is 0 Å². The summed E-state index contributed by atoms with van der Waals surface area (Å²) in [5.74, 6) is 0.182. The second-order valence-corrected chi connectivity index (χ2v) is 4.59. The van der Waals surface area contributed by atoms with Crippen LogP contribution in [0, 0.1) is 6.92 Å². The van der Waals surface area contributed by atoms with Gasteiger partial charge in [-0.1, -0.05) is 35.9 Å². The molecule has 0 saturated heterocycles. The summed E-state index contributed by atoms with van der Waals surface area (Å²) < 4.78 is 13.8. The van der Waals surface area contributed by atoms with Crippen molar-refractivity contribution in [1.29, 1.82) is 0 Å². The van der Waals surface area contributed by atoms with E-state index < -0.39 is 0 Å². The van der Waals surface area contributed by atoms with Gasteiger partial charge in [-0.15, -0.1) is 0 Å². The number of benzene rings is 1. The lowest BCUT2D eigenvalue weighted by Gasteiger charge is -2.22. The fourth-order valence-corrected chi connectivity index (χ4v) is 2.30. The standard InChI is InChI=1S/C15H17F/c1-10-5-4-6-13(9-10)14-8-7-11(2)15(16)12(14)3/h4-7,9,14H,8H2,1-3H3. The summed E-state index contributed by atoms with van der Waals surface area (Å²) in [4.78, 5) is 0. The molecule has 0 bridgehead atoms. The summed E-state index contributed by atoms with van der Waals surface area (Å²) in [6.07, 6.45) is 2.91. The zero-order valence-electron chi connectivity index (χ0n) is 10.0. The average molecular weight is 216 g/mol. The Kier molecular flexibility index (Phi) is 2.95. The first-order valence-electron chi connectivity index (χ1n) is 5.69. The summed E-state index contributed by atoms with van der Waals surface area (Å²) in [5, 5.41) is 0. The van der Waals surface area contributed by atoms with E-state index >= 15 is 0 Å².